The van der Waals surface area contributed by atoms with Gasteiger partial charge in [0.05, 0.1) is 18.5 Å². The number of nitrogens with one attached hydrogen (secondary N) is 1. The van der Waals surface area contributed by atoms with Gasteiger partial charge in [0.2, 0.25) is 0 Å². The number of anilines is 2. The Hall–Kier alpha value is -3.22. The van der Waals surface area contributed by atoms with Crippen LogP contribution in [-0.2, 0) is 0 Å². The summed E-state index contributed by atoms with van der Waals surface area (Å²) in [4.78, 5) is 17.6. The van der Waals surface area contributed by atoms with Crippen LogP contribution in [0.15, 0.2) is 66.7 Å². The number of carbonyl (C=O) groups is 1. The third-order valence-corrected chi connectivity index (χ3v) is 8.71. The van der Waals surface area contributed by atoms with Crippen molar-refractivity contribution in [2.24, 2.45) is 5.92 Å². The van der Waals surface area contributed by atoms with E-state index in [1.54, 1.807) is 7.11 Å². The zero-order valence-electron chi connectivity index (χ0n) is 24.3. The van der Waals surface area contributed by atoms with E-state index in [-0.39, 0.29) is 11.9 Å². The Morgan fingerprint density at radius 1 is 0.951 bits per heavy atom. The summed E-state index contributed by atoms with van der Waals surface area (Å²) in [6, 6.07) is 21.5. The van der Waals surface area contributed by atoms with Gasteiger partial charge in [-0.2, -0.15) is 0 Å². The van der Waals surface area contributed by atoms with Gasteiger partial charge in [0.1, 0.15) is 24.3 Å². The molecule has 3 aromatic rings. The minimum Gasteiger partial charge on any atom is -0.497 e. The summed E-state index contributed by atoms with van der Waals surface area (Å²) in [5.41, 5.74) is 4.56. The van der Waals surface area contributed by atoms with Crippen LogP contribution in [0.3, 0.4) is 0 Å². The smallest absolute Gasteiger partial charge is 0.162 e. The molecule has 0 amide bonds. The Morgan fingerprint density at radius 2 is 1.68 bits per heavy atom. The van der Waals surface area contributed by atoms with Gasteiger partial charge in [-0.25, -0.2) is 0 Å². The normalized spacial score (nSPS) is 17.2. The minimum atomic E-state index is 0.101. The molecule has 0 bridgehead atoms. The van der Waals surface area contributed by atoms with E-state index in [2.05, 4.69) is 40.2 Å². The van der Waals surface area contributed by atoms with Gasteiger partial charge >= 0.3 is 0 Å². The summed E-state index contributed by atoms with van der Waals surface area (Å²) in [6.45, 7) is 7.02. The van der Waals surface area contributed by atoms with E-state index in [9.17, 15) is 4.79 Å². The summed E-state index contributed by atoms with van der Waals surface area (Å²) < 4.78 is 11.3. The number of para-hydroxylation sites is 1. The second-order valence-corrected chi connectivity index (χ2v) is 11.7. The Balaban J connectivity index is 1.04. The first kappa shape index (κ1) is 29.3. The molecule has 6 nitrogen and oxygen atoms in total. The van der Waals surface area contributed by atoms with Crippen molar-refractivity contribution < 1.29 is 14.3 Å². The number of fused-ring (bicyclic) bond motifs is 1. The van der Waals surface area contributed by atoms with Crippen LogP contribution in [0.25, 0.3) is 0 Å². The molecule has 41 heavy (non-hydrogen) atoms. The monoisotopic (exact) mass is 575 g/mol. The molecule has 0 saturated carbocycles. The first-order chi connectivity index (χ1) is 20.0. The third-order valence-electron chi connectivity index (χ3n) is 8.45. The molecule has 0 aromatic heterocycles. The van der Waals surface area contributed by atoms with Gasteiger partial charge < -0.3 is 24.6 Å². The lowest BCUT2D eigenvalue weighted by molar-refractivity contribution is 0.0970. The zero-order chi connectivity index (χ0) is 28.6. The average Bonchev–Trinajstić information content (AvgIpc) is 3.36. The molecule has 7 heteroatoms. The van der Waals surface area contributed by atoms with Crippen LogP contribution in [-0.4, -0.2) is 56.7 Å². The van der Waals surface area contributed by atoms with E-state index in [4.69, 9.17) is 21.1 Å². The first-order valence-electron chi connectivity index (χ1n) is 14.9. The lowest BCUT2D eigenvalue weighted by atomic mass is 9.92. The summed E-state index contributed by atoms with van der Waals surface area (Å²) in [5, 5.41) is 4.40. The SMILES string of the molecule is COc1ccc(C(=O)CCCN2CCC(CCCN3c4c(C)cccc4NC3COc3ccc(Cl)cc3)CC2)cc1. The fourth-order valence-electron chi connectivity index (χ4n) is 6.11. The lowest BCUT2D eigenvalue weighted by Crippen LogP contribution is -2.41. The molecule has 1 unspecified atom stereocenters. The summed E-state index contributed by atoms with van der Waals surface area (Å²) >= 11 is 6.04. The molecule has 218 valence electrons. The number of benzene rings is 3. The highest BCUT2D eigenvalue weighted by Gasteiger charge is 2.30. The van der Waals surface area contributed by atoms with Gasteiger partial charge in [-0.05, 0) is 125 Å². The summed E-state index contributed by atoms with van der Waals surface area (Å²) in [6.07, 6.45) is 6.49. The predicted molar refractivity (Wildman–Crippen MR) is 168 cm³/mol. The molecular formula is C34H42ClN3O3. The number of halogens is 1. The number of hydrogen-bond donors (Lipinski definition) is 1. The van der Waals surface area contributed by atoms with E-state index < -0.39 is 0 Å². The van der Waals surface area contributed by atoms with Crippen LogP contribution in [0.5, 0.6) is 11.5 Å². The summed E-state index contributed by atoms with van der Waals surface area (Å²) in [5.74, 6) is 2.60. The number of rotatable bonds is 13. The largest absolute Gasteiger partial charge is 0.497 e. The Bertz CT molecular complexity index is 1270. The van der Waals surface area contributed by atoms with Crippen LogP contribution in [0.4, 0.5) is 11.4 Å². The number of methoxy groups -OCH3 is 1. The number of aryl methyl sites for hydroxylation is 1. The second kappa shape index (κ2) is 14.1. The molecular weight excluding hydrogens is 534 g/mol. The quantitative estimate of drug-likeness (QED) is 0.214. The highest BCUT2D eigenvalue weighted by molar-refractivity contribution is 6.30. The van der Waals surface area contributed by atoms with E-state index >= 15 is 0 Å². The molecule has 2 heterocycles. The number of likely N-dealkylation sites (tertiary alicyclic amines) is 1. The fraction of sp³-hybridized carbons (Fsp3) is 0.441. The number of ether oxygens (including phenoxy) is 2. The molecule has 0 aliphatic carbocycles. The molecule has 2 aliphatic rings. The van der Waals surface area contributed by atoms with Crippen molar-refractivity contribution in [1.29, 1.82) is 0 Å². The molecule has 2 aliphatic heterocycles. The topological polar surface area (TPSA) is 54.0 Å². The van der Waals surface area contributed by atoms with Crippen molar-refractivity contribution in [2.75, 3.05) is 50.1 Å². The molecule has 0 radical (unpaired) electrons. The van der Waals surface area contributed by atoms with E-state index in [1.807, 2.05) is 48.5 Å². The molecule has 1 atom stereocenters. The predicted octanol–water partition coefficient (Wildman–Crippen LogP) is 7.45. The maximum atomic E-state index is 12.5. The Morgan fingerprint density at radius 3 is 2.41 bits per heavy atom. The van der Waals surface area contributed by atoms with Gasteiger partial charge in [-0.15, -0.1) is 0 Å². The summed E-state index contributed by atoms with van der Waals surface area (Å²) in [7, 11) is 1.64. The van der Waals surface area contributed by atoms with Gasteiger partial charge in [-0.3, -0.25) is 4.79 Å². The van der Waals surface area contributed by atoms with Gasteiger partial charge in [0.15, 0.2) is 5.78 Å². The van der Waals surface area contributed by atoms with Crippen LogP contribution in [0.1, 0.15) is 54.4 Å². The number of Topliss-reactive ketones (excluding diaryl/α,β-unsaturated/α-hetero) is 1. The van der Waals surface area contributed by atoms with E-state index in [0.717, 1.165) is 62.0 Å². The average molecular weight is 576 g/mol. The van der Waals surface area contributed by atoms with Gasteiger partial charge in [0.25, 0.3) is 0 Å². The van der Waals surface area contributed by atoms with Crippen molar-refractivity contribution in [2.45, 2.75) is 51.6 Å². The zero-order valence-corrected chi connectivity index (χ0v) is 25.0. The number of carbonyl (C=O) groups excluding carboxylic acids is 1. The number of nitrogens with zero attached hydrogens (tertiary/aromatic N) is 2. The highest BCUT2D eigenvalue weighted by atomic mass is 35.5. The van der Waals surface area contributed by atoms with E-state index in [1.165, 1.54) is 36.2 Å². The first-order valence-corrected chi connectivity index (χ1v) is 15.3. The molecule has 1 saturated heterocycles. The van der Waals surface area contributed by atoms with Crippen molar-refractivity contribution in [3.05, 3.63) is 82.9 Å². The highest BCUT2D eigenvalue weighted by Crippen LogP contribution is 2.38. The second-order valence-electron chi connectivity index (χ2n) is 11.3. The maximum absolute atomic E-state index is 12.5. The third kappa shape index (κ3) is 7.75. The fourth-order valence-corrected chi connectivity index (χ4v) is 6.23. The van der Waals surface area contributed by atoms with Crippen molar-refractivity contribution in [3.8, 4) is 11.5 Å². The van der Waals surface area contributed by atoms with Gasteiger partial charge in [0, 0.05) is 23.6 Å². The number of ketones is 1. The molecule has 0 spiro atoms. The maximum Gasteiger partial charge on any atom is 0.162 e. The molecule has 1 fully saturated rings. The Kier molecular flexibility index (Phi) is 10.1. The van der Waals surface area contributed by atoms with Crippen molar-refractivity contribution in [1.82, 2.24) is 4.90 Å². The van der Waals surface area contributed by atoms with Crippen LogP contribution < -0.4 is 19.7 Å². The van der Waals surface area contributed by atoms with Gasteiger partial charge in [-0.1, -0.05) is 23.7 Å². The molecule has 3 aromatic carbocycles. The van der Waals surface area contributed by atoms with Crippen LogP contribution in [0.2, 0.25) is 5.02 Å². The van der Waals surface area contributed by atoms with E-state index in [0.29, 0.717) is 18.1 Å². The van der Waals surface area contributed by atoms with Crippen LogP contribution >= 0.6 is 11.6 Å². The molecule has 1 N–H and O–H groups in total. The van der Waals surface area contributed by atoms with Crippen molar-refractivity contribution >= 4 is 28.8 Å². The van der Waals surface area contributed by atoms with Crippen molar-refractivity contribution in [3.63, 3.8) is 0 Å². The lowest BCUT2D eigenvalue weighted by Gasteiger charge is -2.33. The standard InChI is InChI=1S/C34H42ClN3O3/c1-25-6-3-8-31-34(25)38(33(36-31)24-41-30-16-12-28(35)13-17-30)21-4-7-26-18-22-37(23-19-26)20-5-9-32(39)27-10-14-29(40-2)15-11-27/h3,6,8,10-17,26,33,36H,4-5,7,9,18-24H2,1-2H3. The Labute approximate surface area is 249 Å². The minimum absolute atomic E-state index is 0.101. The van der Waals surface area contributed by atoms with Crippen LogP contribution in [0, 0.1) is 12.8 Å². The molecule has 5 rings (SSSR count). The number of hydrogen-bond acceptors (Lipinski definition) is 6. The number of piperidine rings is 1.